The summed E-state index contributed by atoms with van der Waals surface area (Å²) in [5.41, 5.74) is -0.279. The minimum atomic E-state index is -0.928. The van der Waals surface area contributed by atoms with E-state index in [1.807, 2.05) is 0 Å². The maximum Gasteiger partial charge on any atom is 0.221 e. The zero-order valence-corrected chi connectivity index (χ0v) is 11.5. The Labute approximate surface area is 124 Å². The lowest BCUT2D eigenvalue weighted by Crippen LogP contribution is -2.07. The number of aliphatic imine (C=N–C) groups is 1. The summed E-state index contributed by atoms with van der Waals surface area (Å²) in [6, 6.07) is 5.83. The van der Waals surface area contributed by atoms with Crippen molar-refractivity contribution in [3.8, 4) is 11.5 Å². The first-order valence-corrected chi connectivity index (χ1v) is 6.20. The maximum absolute atomic E-state index is 13.7. The lowest BCUT2D eigenvalue weighted by molar-refractivity contribution is -0.114. The van der Waals surface area contributed by atoms with Crippen LogP contribution in [0.4, 0.5) is 20.2 Å². The van der Waals surface area contributed by atoms with Crippen LogP contribution in [0, 0.1) is 11.6 Å². The van der Waals surface area contributed by atoms with Crippen molar-refractivity contribution in [3.63, 3.8) is 0 Å². The first-order chi connectivity index (χ1) is 10.4. The zero-order chi connectivity index (χ0) is 16.3. The molecule has 2 aromatic carbocycles. The Bertz CT molecular complexity index is 761. The topological polar surface area (TPSA) is 81.9 Å². The molecule has 7 heteroatoms. The van der Waals surface area contributed by atoms with Crippen LogP contribution >= 0.6 is 0 Å². The summed E-state index contributed by atoms with van der Waals surface area (Å²) in [6.07, 6.45) is 1.11. The number of phenolic OH excluding ortho intramolecular Hbond substituents is 2. The Balaban J connectivity index is 2.38. The molecule has 0 bridgehead atoms. The standard InChI is InChI=1S/C15H12F2N2O3/c1-8(20)19-13-6-12(10(16)5-11(13)17)18-7-9-3-2-4-14(21)15(9)22/h2-7,21-22H,1H3,(H,19,20). The van der Waals surface area contributed by atoms with Crippen LogP contribution in [0.1, 0.15) is 12.5 Å². The number of para-hydroxylation sites is 1. The molecule has 22 heavy (non-hydrogen) atoms. The predicted molar refractivity (Wildman–Crippen MR) is 77.7 cm³/mol. The fourth-order valence-electron chi connectivity index (χ4n) is 1.71. The highest BCUT2D eigenvalue weighted by Crippen LogP contribution is 2.29. The first-order valence-electron chi connectivity index (χ1n) is 6.20. The van der Waals surface area contributed by atoms with Gasteiger partial charge in [-0.15, -0.1) is 0 Å². The summed E-state index contributed by atoms with van der Waals surface area (Å²) >= 11 is 0. The summed E-state index contributed by atoms with van der Waals surface area (Å²) in [6.45, 7) is 1.19. The van der Waals surface area contributed by atoms with Crippen LogP contribution in [0.2, 0.25) is 0 Å². The molecule has 0 unspecified atom stereocenters. The quantitative estimate of drug-likeness (QED) is 0.602. The van der Waals surface area contributed by atoms with Gasteiger partial charge in [-0.05, 0) is 18.2 Å². The average molecular weight is 306 g/mol. The fourth-order valence-corrected chi connectivity index (χ4v) is 1.71. The molecule has 0 saturated heterocycles. The average Bonchev–Trinajstić information content (AvgIpc) is 2.44. The highest BCUT2D eigenvalue weighted by molar-refractivity contribution is 5.90. The highest BCUT2D eigenvalue weighted by Gasteiger charge is 2.11. The molecule has 2 aromatic rings. The second-order valence-corrected chi connectivity index (χ2v) is 4.44. The van der Waals surface area contributed by atoms with Crippen LogP contribution in [-0.4, -0.2) is 22.3 Å². The molecule has 2 rings (SSSR count). The Morgan fingerprint density at radius 2 is 1.95 bits per heavy atom. The lowest BCUT2D eigenvalue weighted by Gasteiger charge is -2.06. The Morgan fingerprint density at radius 3 is 2.64 bits per heavy atom. The first kappa shape index (κ1) is 15.4. The van der Waals surface area contributed by atoms with E-state index in [0.29, 0.717) is 6.07 Å². The van der Waals surface area contributed by atoms with Gasteiger partial charge in [-0.2, -0.15) is 0 Å². The molecule has 0 spiro atoms. The normalized spacial score (nSPS) is 10.9. The number of rotatable bonds is 3. The van der Waals surface area contributed by atoms with Gasteiger partial charge in [0.05, 0.1) is 5.69 Å². The molecule has 0 fully saturated rings. The van der Waals surface area contributed by atoms with Gasteiger partial charge in [-0.25, -0.2) is 8.78 Å². The molecule has 1 amide bonds. The van der Waals surface area contributed by atoms with Gasteiger partial charge >= 0.3 is 0 Å². The molecule has 0 radical (unpaired) electrons. The molecule has 0 atom stereocenters. The number of phenols is 2. The zero-order valence-electron chi connectivity index (χ0n) is 11.5. The molecule has 0 saturated carbocycles. The van der Waals surface area contributed by atoms with E-state index in [0.717, 1.165) is 12.3 Å². The van der Waals surface area contributed by atoms with E-state index >= 15 is 0 Å². The van der Waals surface area contributed by atoms with Crippen molar-refractivity contribution in [3.05, 3.63) is 47.5 Å². The van der Waals surface area contributed by atoms with Gasteiger partial charge in [-0.3, -0.25) is 9.79 Å². The number of carbonyl (C=O) groups is 1. The second-order valence-electron chi connectivity index (χ2n) is 4.44. The van der Waals surface area contributed by atoms with Crippen molar-refractivity contribution in [1.82, 2.24) is 0 Å². The molecular formula is C15H12F2N2O3. The van der Waals surface area contributed by atoms with Crippen LogP contribution < -0.4 is 5.32 Å². The smallest absolute Gasteiger partial charge is 0.221 e. The minimum Gasteiger partial charge on any atom is -0.504 e. The van der Waals surface area contributed by atoms with Crippen molar-refractivity contribution >= 4 is 23.5 Å². The van der Waals surface area contributed by atoms with E-state index in [-0.39, 0.29) is 22.7 Å². The van der Waals surface area contributed by atoms with E-state index in [4.69, 9.17) is 0 Å². The number of benzene rings is 2. The number of nitrogens with zero attached hydrogens (tertiary/aromatic N) is 1. The van der Waals surface area contributed by atoms with Crippen molar-refractivity contribution < 1.29 is 23.8 Å². The monoisotopic (exact) mass is 306 g/mol. The number of amides is 1. The molecule has 0 aromatic heterocycles. The van der Waals surface area contributed by atoms with E-state index in [2.05, 4.69) is 10.3 Å². The van der Waals surface area contributed by atoms with Gasteiger partial charge in [0.1, 0.15) is 11.5 Å². The summed E-state index contributed by atoms with van der Waals surface area (Å²) in [4.78, 5) is 14.8. The Morgan fingerprint density at radius 1 is 1.23 bits per heavy atom. The number of hydrogen-bond donors (Lipinski definition) is 3. The van der Waals surface area contributed by atoms with Gasteiger partial charge in [0, 0.05) is 24.8 Å². The largest absolute Gasteiger partial charge is 0.504 e. The van der Waals surface area contributed by atoms with Gasteiger partial charge < -0.3 is 15.5 Å². The number of carbonyl (C=O) groups excluding carboxylic acids is 1. The number of hydrogen-bond acceptors (Lipinski definition) is 4. The number of aromatic hydroxyl groups is 2. The van der Waals surface area contributed by atoms with E-state index < -0.39 is 23.3 Å². The van der Waals surface area contributed by atoms with Gasteiger partial charge in [0.25, 0.3) is 0 Å². The van der Waals surface area contributed by atoms with Crippen LogP contribution in [0.5, 0.6) is 11.5 Å². The molecule has 3 N–H and O–H groups in total. The number of halogens is 2. The van der Waals surface area contributed by atoms with E-state index in [1.54, 1.807) is 0 Å². The Hall–Kier alpha value is -2.96. The van der Waals surface area contributed by atoms with Gasteiger partial charge in [-0.1, -0.05) is 6.07 Å². The van der Waals surface area contributed by atoms with E-state index in [1.165, 1.54) is 25.1 Å². The SMILES string of the molecule is CC(=O)Nc1cc(N=Cc2cccc(O)c2O)c(F)cc1F. The molecule has 0 aliphatic carbocycles. The summed E-state index contributed by atoms with van der Waals surface area (Å²) < 4.78 is 27.2. The molecule has 5 nitrogen and oxygen atoms in total. The molecule has 0 aliphatic heterocycles. The fraction of sp³-hybridized carbons (Fsp3) is 0.0667. The third-order valence-corrected chi connectivity index (χ3v) is 2.74. The number of nitrogens with one attached hydrogen (secondary N) is 1. The Kier molecular flexibility index (Phi) is 4.36. The van der Waals surface area contributed by atoms with E-state index in [9.17, 15) is 23.8 Å². The summed E-state index contributed by atoms with van der Waals surface area (Å²) in [5.74, 6) is -3.11. The van der Waals surface area contributed by atoms with Crippen LogP contribution in [0.3, 0.4) is 0 Å². The third-order valence-electron chi connectivity index (χ3n) is 2.74. The molecule has 0 heterocycles. The predicted octanol–water partition coefficient (Wildman–Crippen LogP) is 3.09. The van der Waals surface area contributed by atoms with Gasteiger partial charge in [0.2, 0.25) is 5.91 Å². The third kappa shape index (κ3) is 3.38. The van der Waals surface area contributed by atoms with Crippen LogP contribution in [0.15, 0.2) is 35.3 Å². The number of anilines is 1. The maximum atomic E-state index is 13.7. The molecule has 114 valence electrons. The molecule has 0 aliphatic rings. The van der Waals surface area contributed by atoms with Crippen molar-refractivity contribution in [1.29, 1.82) is 0 Å². The highest BCUT2D eigenvalue weighted by atomic mass is 19.1. The second kappa shape index (κ2) is 6.21. The minimum absolute atomic E-state index is 0.157. The lowest BCUT2D eigenvalue weighted by atomic mass is 10.2. The molecular weight excluding hydrogens is 294 g/mol. The van der Waals surface area contributed by atoms with Crippen molar-refractivity contribution in [2.45, 2.75) is 6.92 Å². The van der Waals surface area contributed by atoms with Crippen molar-refractivity contribution in [2.75, 3.05) is 5.32 Å². The van der Waals surface area contributed by atoms with Crippen LogP contribution in [-0.2, 0) is 4.79 Å². The van der Waals surface area contributed by atoms with Crippen LogP contribution in [0.25, 0.3) is 0 Å². The summed E-state index contributed by atoms with van der Waals surface area (Å²) in [5, 5.41) is 21.2. The van der Waals surface area contributed by atoms with Gasteiger partial charge in [0.15, 0.2) is 17.3 Å². The summed E-state index contributed by atoms with van der Waals surface area (Å²) in [7, 11) is 0. The van der Waals surface area contributed by atoms with Crippen molar-refractivity contribution in [2.24, 2.45) is 4.99 Å².